The lowest BCUT2D eigenvalue weighted by atomic mass is 10.0. The van der Waals surface area contributed by atoms with Crippen LogP contribution in [0.15, 0.2) is 60.8 Å². The molecule has 2 unspecified atom stereocenters. The third kappa shape index (κ3) is 55.1. The maximum atomic E-state index is 12.7. The van der Waals surface area contributed by atoms with Gasteiger partial charge in [-0.1, -0.05) is 248 Å². The van der Waals surface area contributed by atoms with Crippen LogP contribution in [-0.2, 0) is 27.9 Å². The standard InChI is InChI=1S/C59H110NO7P/c1-3-5-7-9-11-13-15-17-19-21-23-25-27-29-30-32-34-36-38-40-42-44-46-48-50-52-59(61)67-58(57-66-68(62,63)65-55-53-60)56-64-54-51-49-47-45-43-41-39-37-35-33-31-28-26-24-22-20-18-16-14-12-10-8-6-4-2/h6,8,12,14,18,20-21,23-24,26,58H,3-5,7,9-11,13,15-17,19,22,25,27-57,60H2,1-2H3,(H,62,63)/b8-6-,14-12-,20-18-,23-21-,26-24-. The maximum Gasteiger partial charge on any atom is 0.472 e. The second-order valence-electron chi connectivity index (χ2n) is 19.1. The van der Waals surface area contributed by atoms with Crippen molar-refractivity contribution in [3.05, 3.63) is 60.8 Å². The molecule has 0 aromatic heterocycles. The first-order valence-electron chi connectivity index (χ1n) is 28.8. The third-order valence-electron chi connectivity index (χ3n) is 12.4. The number of nitrogens with two attached hydrogens (primary N) is 1. The van der Waals surface area contributed by atoms with Gasteiger partial charge in [0.25, 0.3) is 0 Å². The van der Waals surface area contributed by atoms with Crippen LogP contribution < -0.4 is 5.73 Å². The van der Waals surface area contributed by atoms with Gasteiger partial charge in [0, 0.05) is 19.6 Å². The van der Waals surface area contributed by atoms with Crippen LogP contribution in [0.4, 0.5) is 0 Å². The van der Waals surface area contributed by atoms with Crippen LogP contribution in [0.25, 0.3) is 0 Å². The topological polar surface area (TPSA) is 117 Å². The van der Waals surface area contributed by atoms with E-state index in [4.69, 9.17) is 24.3 Å². The molecule has 0 aromatic carbocycles. The Balaban J connectivity index is 3.88. The van der Waals surface area contributed by atoms with Crippen molar-refractivity contribution < 1.29 is 32.8 Å². The van der Waals surface area contributed by atoms with Gasteiger partial charge in [-0.15, -0.1) is 0 Å². The predicted molar refractivity (Wildman–Crippen MR) is 293 cm³/mol. The van der Waals surface area contributed by atoms with E-state index in [1.165, 1.54) is 193 Å². The SMILES string of the molecule is CC/C=C\C/C=C\C/C=C\C/C=C\CCCCCCCCCCCCCOCC(COP(=O)(O)OCCN)OC(=O)CCCCCCCCCCCCCCC/C=C\CCCCCCCCCC. The molecule has 2 atom stereocenters. The van der Waals surface area contributed by atoms with Crippen LogP contribution in [0.2, 0.25) is 0 Å². The van der Waals surface area contributed by atoms with Crippen LogP contribution in [0.3, 0.4) is 0 Å². The highest BCUT2D eigenvalue weighted by Gasteiger charge is 2.25. The van der Waals surface area contributed by atoms with Crippen molar-refractivity contribution in [1.82, 2.24) is 0 Å². The highest BCUT2D eigenvalue weighted by atomic mass is 31.2. The summed E-state index contributed by atoms with van der Waals surface area (Å²) in [7, 11) is -4.29. The van der Waals surface area contributed by atoms with E-state index >= 15 is 0 Å². The Morgan fingerprint density at radius 3 is 1.25 bits per heavy atom. The summed E-state index contributed by atoms with van der Waals surface area (Å²) >= 11 is 0. The van der Waals surface area contributed by atoms with E-state index in [2.05, 4.69) is 74.6 Å². The van der Waals surface area contributed by atoms with Crippen molar-refractivity contribution in [2.75, 3.05) is 33.0 Å². The zero-order valence-corrected chi connectivity index (χ0v) is 45.5. The summed E-state index contributed by atoms with van der Waals surface area (Å²) < 4.78 is 33.7. The summed E-state index contributed by atoms with van der Waals surface area (Å²) in [5.41, 5.74) is 5.40. The quantitative estimate of drug-likeness (QED) is 0.0268. The summed E-state index contributed by atoms with van der Waals surface area (Å²) in [5.74, 6) is -0.328. The molecule has 0 aliphatic rings. The lowest BCUT2D eigenvalue weighted by Gasteiger charge is -2.20. The Hall–Kier alpha value is -1.80. The van der Waals surface area contributed by atoms with Crippen LogP contribution >= 0.6 is 7.82 Å². The van der Waals surface area contributed by atoms with Crippen molar-refractivity contribution in [3.63, 3.8) is 0 Å². The second-order valence-corrected chi connectivity index (χ2v) is 20.6. The van der Waals surface area contributed by atoms with E-state index in [9.17, 15) is 14.3 Å². The number of rotatable bonds is 55. The minimum atomic E-state index is -4.29. The van der Waals surface area contributed by atoms with Crippen LogP contribution in [0, 0.1) is 0 Å². The fraction of sp³-hybridized carbons (Fsp3) is 0.814. The Bertz CT molecular complexity index is 1230. The lowest BCUT2D eigenvalue weighted by Crippen LogP contribution is -2.28. The van der Waals surface area contributed by atoms with E-state index in [1.807, 2.05) is 0 Å². The maximum absolute atomic E-state index is 12.7. The van der Waals surface area contributed by atoms with Gasteiger partial charge >= 0.3 is 13.8 Å². The van der Waals surface area contributed by atoms with Gasteiger partial charge < -0.3 is 20.1 Å². The fourth-order valence-electron chi connectivity index (χ4n) is 8.22. The monoisotopic (exact) mass is 976 g/mol. The van der Waals surface area contributed by atoms with E-state index in [0.717, 1.165) is 57.8 Å². The molecule has 0 spiro atoms. The second kappa shape index (κ2) is 56.1. The number of allylic oxidation sites excluding steroid dienone is 10. The normalized spacial score (nSPS) is 13.6. The Morgan fingerprint density at radius 1 is 0.456 bits per heavy atom. The summed E-state index contributed by atoms with van der Waals surface area (Å²) in [6.45, 7) is 4.84. The van der Waals surface area contributed by atoms with Crippen molar-refractivity contribution in [3.8, 4) is 0 Å². The molecule has 8 nitrogen and oxygen atoms in total. The highest BCUT2D eigenvalue weighted by molar-refractivity contribution is 7.47. The largest absolute Gasteiger partial charge is 0.472 e. The molecule has 0 aliphatic heterocycles. The van der Waals surface area contributed by atoms with Gasteiger partial charge in [-0.2, -0.15) is 0 Å². The Morgan fingerprint density at radius 2 is 0.824 bits per heavy atom. The number of carbonyl (C=O) groups excluding carboxylic acids is 1. The smallest absolute Gasteiger partial charge is 0.457 e. The van der Waals surface area contributed by atoms with Crippen molar-refractivity contribution in [2.24, 2.45) is 5.73 Å². The molecule has 9 heteroatoms. The van der Waals surface area contributed by atoms with Crippen LogP contribution in [0.1, 0.15) is 271 Å². The van der Waals surface area contributed by atoms with Gasteiger partial charge in [-0.25, -0.2) is 4.57 Å². The molecular formula is C59H110NO7P. The molecule has 0 rings (SSSR count). The molecule has 0 amide bonds. The summed E-state index contributed by atoms with van der Waals surface area (Å²) in [6.07, 6.45) is 71.3. The van der Waals surface area contributed by atoms with Gasteiger partial charge in [-0.05, 0) is 77.0 Å². The molecule has 68 heavy (non-hydrogen) atoms. The molecule has 0 bridgehead atoms. The van der Waals surface area contributed by atoms with Crippen molar-refractivity contribution in [1.29, 1.82) is 0 Å². The summed E-state index contributed by atoms with van der Waals surface area (Å²) in [6, 6.07) is 0. The molecule has 0 radical (unpaired) electrons. The van der Waals surface area contributed by atoms with Crippen molar-refractivity contribution in [2.45, 2.75) is 277 Å². The lowest BCUT2D eigenvalue weighted by molar-refractivity contribution is -0.154. The third-order valence-corrected chi connectivity index (χ3v) is 13.4. The van der Waals surface area contributed by atoms with Crippen LogP contribution in [-0.4, -0.2) is 49.9 Å². The van der Waals surface area contributed by atoms with E-state index < -0.39 is 13.9 Å². The fourth-order valence-corrected chi connectivity index (χ4v) is 8.99. The van der Waals surface area contributed by atoms with E-state index in [-0.39, 0.29) is 32.3 Å². The van der Waals surface area contributed by atoms with Crippen LogP contribution in [0.5, 0.6) is 0 Å². The molecule has 0 fully saturated rings. The van der Waals surface area contributed by atoms with Gasteiger partial charge in [0.05, 0.1) is 19.8 Å². The number of hydrogen-bond donors (Lipinski definition) is 2. The molecule has 3 N–H and O–H groups in total. The van der Waals surface area contributed by atoms with Crippen molar-refractivity contribution >= 4 is 13.8 Å². The minimum Gasteiger partial charge on any atom is -0.457 e. The average molecular weight is 977 g/mol. The first kappa shape index (κ1) is 66.2. The minimum absolute atomic E-state index is 0.0968. The average Bonchev–Trinajstić information content (AvgIpc) is 3.33. The molecular weight excluding hydrogens is 866 g/mol. The summed E-state index contributed by atoms with van der Waals surface area (Å²) in [5, 5.41) is 0. The number of ether oxygens (including phenoxy) is 2. The number of unbranched alkanes of at least 4 members (excludes halogenated alkanes) is 32. The predicted octanol–water partition coefficient (Wildman–Crippen LogP) is 18.4. The molecule has 0 saturated heterocycles. The van der Waals surface area contributed by atoms with E-state index in [1.54, 1.807) is 0 Å². The zero-order chi connectivity index (χ0) is 49.4. The molecule has 0 heterocycles. The van der Waals surface area contributed by atoms with Gasteiger partial charge in [0.2, 0.25) is 0 Å². The number of esters is 1. The highest BCUT2D eigenvalue weighted by Crippen LogP contribution is 2.43. The number of carbonyl (C=O) groups is 1. The first-order chi connectivity index (χ1) is 33.4. The Labute approximate surface area is 421 Å². The molecule has 0 aliphatic carbocycles. The molecule has 398 valence electrons. The van der Waals surface area contributed by atoms with Gasteiger partial charge in [0.15, 0.2) is 0 Å². The Kier molecular flexibility index (Phi) is 54.6. The zero-order valence-electron chi connectivity index (χ0n) is 44.6. The number of hydrogen-bond acceptors (Lipinski definition) is 7. The van der Waals surface area contributed by atoms with Gasteiger partial charge in [0.1, 0.15) is 6.10 Å². The molecule has 0 aromatic rings. The first-order valence-corrected chi connectivity index (χ1v) is 30.3. The van der Waals surface area contributed by atoms with Gasteiger partial charge in [-0.3, -0.25) is 13.8 Å². The summed E-state index contributed by atoms with van der Waals surface area (Å²) in [4.78, 5) is 22.7. The van der Waals surface area contributed by atoms with E-state index in [0.29, 0.717) is 13.0 Å². The number of phosphoric ester groups is 1. The number of phosphoric acid groups is 1. The molecule has 0 saturated carbocycles.